The molecule has 2 aromatic rings. The van der Waals surface area contributed by atoms with E-state index in [0.29, 0.717) is 41.6 Å². The lowest BCUT2D eigenvalue weighted by molar-refractivity contribution is -0.122. The lowest BCUT2D eigenvalue weighted by Gasteiger charge is -2.32. The number of halogens is 1. The number of piperazine rings is 1. The van der Waals surface area contributed by atoms with E-state index in [2.05, 4.69) is 36.2 Å². The molecule has 0 spiro atoms. The van der Waals surface area contributed by atoms with Crippen molar-refractivity contribution in [3.05, 3.63) is 58.6 Å². The van der Waals surface area contributed by atoms with Gasteiger partial charge in [-0.15, -0.1) is 0 Å². The highest BCUT2D eigenvalue weighted by Crippen LogP contribution is 2.34. The third kappa shape index (κ3) is 6.08. The first-order valence-electron chi connectivity index (χ1n) is 12.5. The van der Waals surface area contributed by atoms with Gasteiger partial charge in [0.1, 0.15) is 0 Å². The molecule has 0 bridgehead atoms. The molecule has 1 amide bonds. The second-order valence-electron chi connectivity index (χ2n) is 10.1. The Morgan fingerprint density at radius 1 is 1.11 bits per heavy atom. The van der Waals surface area contributed by atoms with Gasteiger partial charge in [0.15, 0.2) is 9.84 Å². The maximum Gasteiger partial charge on any atom is 0.229 e. The number of nitrogens with one attached hydrogen (secondary N) is 1. The zero-order valence-electron chi connectivity index (χ0n) is 20.8. The second-order valence-corrected chi connectivity index (χ2v) is 12.7. The van der Waals surface area contributed by atoms with Crippen LogP contribution in [0.3, 0.4) is 0 Å². The molecule has 2 fully saturated rings. The van der Waals surface area contributed by atoms with E-state index in [1.54, 1.807) is 29.2 Å². The number of benzene rings is 2. The SMILES string of the molecule is Cc1cc(N(C)C(=O)[C@H]2CC[C@H](S(=O)(=O)c3ccc(Cl)cc3)CC2)ccc1CN1CCN[C@@H](C)C1. The standard InChI is InChI=1S/C27H36ClN3O3S/c1-19-16-24(9-4-22(19)18-31-15-14-29-20(2)17-31)30(3)27(32)21-5-10-25(11-6-21)35(33,34)26-12-7-23(28)8-13-26/h4,7-9,12-13,16,20-21,25,29H,5-6,10-11,14-15,17-18H2,1-3H3/t20-,21-,25-/m0/s1. The molecule has 0 aromatic heterocycles. The molecule has 1 aliphatic heterocycles. The van der Waals surface area contributed by atoms with Crippen molar-refractivity contribution in [2.75, 3.05) is 31.6 Å². The number of nitrogens with zero attached hydrogens (tertiary/aromatic N) is 2. The van der Waals surface area contributed by atoms with Crippen LogP contribution in [0.1, 0.15) is 43.7 Å². The quantitative estimate of drug-likeness (QED) is 0.613. The van der Waals surface area contributed by atoms with Gasteiger partial charge < -0.3 is 10.2 Å². The molecule has 1 N–H and O–H groups in total. The number of anilines is 1. The third-order valence-electron chi connectivity index (χ3n) is 7.50. The highest BCUT2D eigenvalue weighted by molar-refractivity contribution is 7.92. The number of sulfone groups is 1. The maximum atomic E-state index is 13.3. The Hall–Kier alpha value is -1.93. The van der Waals surface area contributed by atoms with Crippen molar-refractivity contribution in [1.29, 1.82) is 0 Å². The smallest absolute Gasteiger partial charge is 0.229 e. The molecule has 4 rings (SSSR count). The molecule has 190 valence electrons. The van der Waals surface area contributed by atoms with E-state index in [0.717, 1.165) is 31.9 Å². The highest BCUT2D eigenvalue weighted by atomic mass is 35.5. The minimum Gasteiger partial charge on any atom is -0.315 e. The van der Waals surface area contributed by atoms with Crippen LogP contribution >= 0.6 is 11.6 Å². The van der Waals surface area contributed by atoms with Crippen LogP contribution in [0.4, 0.5) is 5.69 Å². The highest BCUT2D eigenvalue weighted by Gasteiger charge is 2.35. The Morgan fingerprint density at radius 3 is 2.43 bits per heavy atom. The Bertz CT molecular complexity index is 1140. The summed E-state index contributed by atoms with van der Waals surface area (Å²) in [5.74, 6) is -0.0885. The van der Waals surface area contributed by atoms with E-state index in [-0.39, 0.29) is 11.8 Å². The van der Waals surface area contributed by atoms with Gasteiger partial charge in [-0.1, -0.05) is 17.7 Å². The molecule has 2 aliphatic rings. The summed E-state index contributed by atoms with van der Waals surface area (Å²) in [5.41, 5.74) is 3.36. The molecular formula is C27H36ClN3O3S. The van der Waals surface area contributed by atoms with Gasteiger partial charge in [0, 0.05) is 55.9 Å². The molecule has 6 nitrogen and oxygen atoms in total. The second kappa shape index (κ2) is 11.0. The summed E-state index contributed by atoms with van der Waals surface area (Å²) in [5, 5.41) is 3.54. The summed E-state index contributed by atoms with van der Waals surface area (Å²) in [4.78, 5) is 17.8. The van der Waals surface area contributed by atoms with Gasteiger partial charge >= 0.3 is 0 Å². The number of carbonyl (C=O) groups excluding carboxylic acids is 1. The maximum absolute atomic E-state index is 13.3. The average Bonchev–Trinajstić information content (AvgIpc) is 2.85. The molecule has 1 saturated heterocycles. The van der Waals surface area contributed by atoms with E-state index in [4.69, 9.17) is 11.6 Å². The van der Waals surface area contributed by atoms with Crippen molar-refractivity contribution >= 4 is 33.0 Å². The van der Waals surface area contributed by atoms with Crippen molar-refractivity contribution in [2.24, 2.45) is 5.92 Å². The number of hydrogen-bond acceptors (Lipinski definition) is 5. The fourth-order valence-corrected chi connectivity index (χ4v) is 7.22. The first-order chi connectivity index (χ1) is 16.6. The monoisotopic (exact) mass is 517 g/mol. The lowest BCUT2D eigenvalue weighted by Crippen LogP contribution is -2.48. The topological polar surface area (TPSA) is 69.7 Å². The van der Waals surface area contributed by atoms with E-state index < -0.39 is 15.1 Å². The summed E-state index contributed by atoms with van der Waals surface area (Å²) in [7, 11) is -1.59. The fraction of sp³-hybridized carbons (Fsp3) is 0.519. The largest absolute Gasteiger partial charge is 0.315 e. The normalized spacial score (nSPS) is 23.7. The van der Waals surface area contributed by atoms with E-state index >= 15 is 0 Å². The summed E-state index contributed by atoms with van der Waals surface area (Å²) in [6.45, 7) is 8.33. The van der Waals surface area contributed by atoms with Crippen LogP contribution in [0.15, 0.2) is 47.4 Å². The Kier molecular flexibility index (Phi) is 8.21. The van der Waals surface area contributed by atoms with Crippen LogP contribution in [-0.4, -0.2) is 57.2 Å². The molecule has 1 atom stereocenters. The summed E-state index contributed by atoms with van der Waals surface area (Å²) < 4.78 is 26.0. The van der Waals surface area contributed by atoms with Gasteiger partial charge in [0.05, 0.1) is 10.1 Å². The lowest BCUT2D eigenvalue weighted by atomic mass is 9.88. The van der Waals surface area contributed by atoms with Crippen LogP contribution in [0.2, 0.25) is 5.02 Å². The van der Waals surface area contributed by atoms with E-state index in [1.165, 1.54) is 11.1 Å². The Labute approximate surface area is 214 Å². The summed E-state index contributed by atoms with van der Waals surface area (Å²) in [6, 6.07) is 13.1. The first kappa shape index (κ1) is 26.1. The van der Waals surface area contributed by atoms with Gasteiger partial charge in [-0.3, -0.25) is 9.69 Å². The van der Waals surface area contributed by atoms with Crippen LogP contribution in [0.25, 0.3) is 0 Å². The molecule has 8 heteroatoms. The molecule has 35 heavy (non-hydrogen) atoms. The molecule has 2 aromatic carbocycles. The van der Waals surface area contributed by atoms with Crippen LogP contribution in [-0.2, 0) is 21.2 Å². The predicted molar refractivity (Wildman–Crippen MR) is 142 cm³/mol. The third-order valence-corrected chi connectivity index (χ3v) is 10.0. The molecule has 0 radical (unpaired) electrons. The fourth-order valence-electron chi connectivity index (χ4n) is 5.30. The Morgan fingerprint density at radius 2 is 1.80 bits per heavy atom. The van der Waals surface area contributed by atoms with Crippen molar-refractivity contribution in [2.45, 2.75) is 62.3 Å². The van der Waals surface area contributed by atoms with E-state index in [9.17, 15) is 13.2 Å². The van der Waals surface area contributed by atoms with Crippen LogP contribution < -0.4 is 10.2 Å². The van der Waals surface area contributed by atoms with Crippen molar-refractivity contribution in [3.8, 4) is 0 Å². The van der Waals surface area contributed by atoms with Gasteiger partial charge in [0.2, 0.25) is 5.91 Å². The molecule has 0 unspecified atom stereocenters. The molecule has 1 heterocycles. The minimum absolute atomic E-state index is 0.0652. The zero-order chi connectivity index (χ0) is 25.2. The van der Waals surface area contributed by atoms with Gasteiger partial charge in [-0.25, -0.2) is 8.42 Å². The molecule has 1 aliphatic carbocycles. The average molecular weight is 518 g/mol. The number of amides is 1. The summed E-state index contributed by atoms with van der Waals surface area (Å²) in [6.07, 6.45) is 2.16. The first-order valence-corrected chi connectivity index (χ1v) is 14.4. The number of hydrogen-bond donors (Lipinski definition) is 1. The van der Waals surface area contributed by atoms with Crippen LogP contribution in [0.5, 0.6) is 0 Å². The Balaban J connectivity index is 1.36. The van der Waals surface area contributed by atoms with Gasteiger partial charge in [-0.05, 0) is 87.1 Å². The number of rotatable bonds is 6. The van der Waals surface area contributed by atoms with Gasteiger partial charge in [0.25, 0.3) is 0 Å². The van der Waals surface area contributed by atoms with E-state index in [1.807, 2.05) is 13.1 Å². The predicted octanol–water partition coefficient (Wildman–Crippen LogP) is 4.44. The van der Waals surface area contributed by atoms with Crippen LogP contribution in [0, 0.1) is 12.8 Å². The van der Waals surface area contributed by atoms with Crippen molar-refractivity contribution in [1.82, 2.24) is 10.2 Å². The molecule has 1 saturated carbocycles. The zero-order valence-corrected chi connectivity index (χ0v) is 22.4. The van der Waals surface area contributed by atoms with Crippen molar-refractivity contribution in [3.63, 3.8) is 0 Å². The number of aryl methyl sites for hydroxylation is 1. The molecular weight excluding hydrogens is 482 g/mol. The number of carbonyl (C=O) groups is 1. The van der Waals surface area contributed by atoms with Gasteiger partial charge in [-0.2, -0.15) is 0 Å². The minimum atomic E-state index is -3.42. The van der Waals surface area contributed by atoms with Crippen molar-refractivity contribution < 1.29 is 13.2 Å². The summed E-state index contributed by atoms with van der Waals surface area (Å²) >= 11 is 5.91.